The van der Waals surface area contributed by atoms with Gasteiger partial charge >= 0.3 is 6.18 Å². The summed E-state index contributed by atoms with van der Waals surface area (Å²) >= 11 is 0.504. The minimum Gasteiger partial charge on any atom is -0.360 e. The Morgan fingerprint density at radius 2 is 1.89 bits per heavy atom. The van der Waals surface area contributed by atoms with Crippen LogP contribution in [0.3, 0.4) is 0 Å². The molecule has 1 N–H and O–H groups in total. The highest BCUT2D eigenvalue weighted by molar-refractivity contribution is 7.15. The van der Waals surface area contributed by atoms with Crippen molar-refractivity contribution in [1.82, 2.24) is 15.2 Å². The molecule has 0 aliphatic carbocycles. The summed E-state index contributed by atoms with van der Waals surface area (Å²) in [7, 11) is 0. The van der Waals surface area contributed by atoms with Gasteiger partial charge in [-0.2, -0.15) is 13.2 Å². The number of pyridine rings is 1. The van der Waals surface area contributed by atoms with Crippen molar-refractivity contribution in [3.8, 4) is 0 Å². The summed E-state index contributed by atoms with van der Waals surface area (Å²) in [4.78, 5) is 3.88. The van der Waals surface area contributed by atoms with Crippen molar-refractivity contribution in [3.63, 3.8) is 0 Å². The molecule has 0 radical (unpaired) electrons. The van der Waals surface area contributed by atoms with Crippen molar-refractivity contribution in [2.24, 2.45) is 0 Å². The van der Waals surface area contributed by atoms with Crippen LogP contribution in [-0.4, -0.2) is 21.7 Å². The van der Waals surface area contributed by atoms with Crippen LogP contribution in [-0.2, 0) is 12.6 Å². The van der Waals surface area contributed by atoms with Crippen LogP contribution in [0.1, 0.15) is 10.6 Å². The fourth-order valence-corrected chi connectivity index (χ4v) is 1.91. The van der Waals surface area contributed by atoms with Crippen LogP contribution in [0.2, 0.25) is 0 Å². The molecule has 0 saturated carbocycles. The van der Waals surface area contributed by atoms with Crippen molar-refractivity contribution in [2.75, 3.05) is 11.9 Å². The lowest BCUT2D eigenvalue weighted by atomic mass is 10.2. The molecule has 4 nitrogen and oxygen atoms in total. The minimum absolute atomic E-state index is 0.177. The van der Waals surface area contributed by atoms with Gasteiger partial charge in [0.2, 0.25) is 10.1 Å². The lowest BCUT2D eigenvalue weighted by Crippen LogP contribution is -2.04. The van der Waals surface area contributed by atoms with Crippen LogP contribution in [0.25, 0.3) is 0 Å². The zero-order valence-corrected chi connectivity index (χ0v) is 9.92. The minimum atomic E-state index is -4.43. The molecule has 0 bridgehead atoms. The summed E-state index contributed by atoms with van der Waals surface area (Å²) in [6.07, 6.45) is -0.407. The summed E-state index contributed by atoms with van der Waals surface area (Å²) in [5.41, 5.74) is 1.05. The van der Waals surface area contributed by atoms with E-state index in [0.29, 0.717) is 24.3 Å². The topological polar surface area (TPSA) is 50.7 Å². The average molecular weight is 274 g/mol. The summed E-state index contributed by atoms with van der Waals surface area (Å²) in [6.45, 7) is 0.497. The zero-order chi connectivity index (χ0) is 13.0. The number of nitrogens with one attached hydrogen (secondary N) is 1. The van der Waals surface area contributed by atoms with Gasteiger partial charge < -0.3 is 5.32 Å². The smallest absolute Gasteiger partial charge is 0.360 e. The molecule has 0 aliphatic rings. The van der Waals surface area contributed by atoms with Crippen LogP contribution in [0.4, 0.5) is 18.3 Å². The lowest BCUT2D eigenvalue weighted by molar-refractivity contribution is -0.138. The molecule has 0 saturated heterocycles. The van der Waals surface area contributed by atoms with E-state index in [1.807, 2.05) is 12.1 Å². The van der Waals surface area contributed by atoms with Crippen molar-refractivity contribution in [2.45, 2.75) is 12.6 Å². The number of rotatable bonds is 4. The fourth-order valence-electron chi connectivity index (χ4n) is 1.27. The molecular weight excluding hydrogens is 265 g/mol. The Morgan fingerprint density at radius 3 is 2.50 bits per heavy atom. The Hall–Kier alpha value is -1.70. The molecule has 0 aliphatic heterocycles. The number of halogens is 3. The van der Waals surface area contributed by atoms with Gasteiger partial charge in [-0.3, -0.25) is 4.98 Å². The molecule has 2 heterocycles. The fraction of sp³-hybridized carbons (Fsp3) is 0.300. The quantitative estimate of drug-likeness (QED) is 0.931. The third-order valence-corrected chi connectivity index (χ3v) is 3.03. The highest BCUT2D eigenvalue weighted by atomic mass is 32.1. The predicted octanol–water partition coefficient (Wildman–Crippen LogP) is 2.61. The molecule has 8 heteroatoms. The molecule has 2 aromatic heterocycles. The monoisotopic (exact) mass is 274 g/mol. The van der Waals surface area contributed by atoms with E-state index in [1.165, 1.54) is 0 Å². The maximum absolute atomic E-state index is 12.3. The summed E-state index contributed by atoms with van der Waals surface area (Å²) in [6, 6.07) is 3.70. The first-order valence-corrected chi connectivity index (χ1v) is 5.91. The highest BCUT2D eigenvalue weighted by Gasteiger charge is 2.35. The molecule has 2 aromatic rings. The van der Waals surface area contributed by atoms with E-state index >= 15 is 0 Å². The first kappa shape index (κ1) is 12.7. The Kier molecular flexibility index (Phi) is 3.75. The first-order valence-electron chi connectivity index (χ1n) is 5.09. The molecule has 2 rings (SSSR count). The molecule has 0 spiro atoms. The van der Waals surface area contributed by atoms with Crippen molar-refractivity contribution in [1.29, 1.82) is 0 Å². The highest BCUT2D eigenvalue weighted by Crippen LogP contribution is 2.32. The molecule has 0 atom stereocenters. The second kappa shape index (κ2) is 5.30. The molecule has 18 heavy (non-hydrogen) atoms. The van der Waals surface area contributed by atoms with Gasteiger partial charge in [-0.1, -0.05) is 11.3 Å². The maximum Gasteiger partial charge on any atom is 0.445 e. The third kappa shape index (κ3) is 3.39. The number of aromatic nitrogens is 3. The van der Waals surface area contributed by atoms with E-state index in [1.54, 1.807) is 12.4 Å². The van der Waals surface area contributed by atoms with Gasteiger partial charge in [0, 0.05) is 18.9 Å². The SMILES string of the molecule is FC(F)(F)c1nnc(NCCc2ccncc2)s1. The summed E-state index contributed by atoms with van der Waals surface area (Å²) in [5.74, 6) is 0. The van der Waals surface area contributed by atoms with E-state index < -0.39 is 11.2 Å². The largest absolute Gasteiger partial charge is 0.445 e. The number of hydrogen-bond acceptors (Lipinski definition) is 5. The van der Waals surface area contributed by atoms with Crippen LogP contribution in [0.5, 0.6) is 0 Å². The maximum atomic E-state index is 12.3. The van der Waals surface area contributed by atoms with Gasteiger partial charge in [0.25, 0.3) is 0 Å². The van der Waals surface area contributed by atoms with Crippen molar-refractivity contribution >= 4 is 16.5 Å². The molecule has 0 fully saturated rings. The van der Waals surface area contributed by atoms with E-state index in [9.17, 15) is 13.2 Å². The second-order valence-electron chi connectivity index (χ2n) is 3.44. The molecule has 96 valence electrons. The normalized spacial score (nSPS) is 11.5. The van der Waals surface area contributed by atoms with Crippen LogP contribution in [0.15, 0.2) is 24.5 Å². The first-order chi connectivity index (χ1) is 8.55. The Balaban J connectivity index is 1.86. The van der Waals surface area contributed by atoms with Gasteiger partial charge in [-0.15, -0.1) is 10.2 Å². The standard InChI is InChI=1S/C10H9F3N4S/c11-10(12,13)8-16-17-9(18-8)15-6-3-7-1-4-14-5-2-7/h1-2,4-5H,3,6H2,(H,15,17). The molecular formula is C10H9F3N4S. The average Bonchev–Trinajstić information content (AvgIpc) is 2.79. The van der Waals surface area contributed by atoms with Gasteiger partial charge in [0.05, 0.1) is 0 Å². The Labute approximate surface area is 105 Å². The van der Waals surface area contributed by atoms with E-state index in [4.69, 9.17) is 0 Å². The van der Waals surface area contributed by atoms with Crippen LogP contribution < -0.4 is 5.32 Å². The molecule has 0 unspecified atom stereocenters. The number of nitrogens with zero attached hydrogens (tertiary/aromatic N) is 3. The van der Waals surface area contributed by atoms with Gasteiger partial charge in [0.1, 0.15) is 0 Å². The van der Waals surface area contributed by atoms with Gasteiger partial charge in [0.15, 0.2) is 0 Å². The number of anilines is 1. The number of alkyl halides is 3. The Morgan fingerprint density at radius 1 is 1.17 bits per heavy atom. The predicted molar refractivity (Wildman–Crippen MR) is 61.3 cm³/mol. The van der Waals surface area contributed by atoms with E-state index in [2.05, 4.69) is 20.5 Å². The van der Waals surface area contributed by atoms with Crippen LogP contribution >= 0.6 is 11.3 Å². The molecule has 0 amide bonds. The lowest BCUT2D eigenvalue weighted by Gasteiger charge is -2.01. The third-order valence-electron chi connectivity index (χ3n) is 2.11. The second-order valence-corrected chi connectivity index (χ2v) is 4.42. The zero-order valence-electron chi connectivity index (χ0n) is 9.11. The summed E-state index contributed by atoms with van der Waals surface area (Å²) in [5, 5.41) is 8.57. The number of hydrogen-bond donors (Lipinski definition) is 1. The van der Waals surface area contributed by atoms with Crippen LogP contribution in [0, 0.1) is 0 Å². The molecule has 0 aromatic carbocycles. The van der Waals surface area contributed by atoms with E-state index in [0.717, 1.165) is 5.56 Å². The van der Waals surface area contributed by atoms with E-state index in [-0.39, 0.29) is 5.13 Å². The summed E-state index contributed by atoms with van der Waals surface area (Å²) < 4.78 is 36.8. The Bertz CT molecular complexity index is 497. The van der Waals surface area contributed by atoms with Gasteiger partial charge in [-0.05, 0) is 24.1 Å². The van der Waals surface area contributed by atoms with Crippen molar-refractivity contribution in [3.05, 3.63) is 35.1 Å². The van der Waals surface area contributed by atoms with Gasteiger partial charge in [-0.25, -0.2) is 0 Å². The van der Waals surface area contributed by atoms with Crippen molar-refractivity contribution < 1.29 is 13.2 Å².